The molecule has 3 N–H and O–H groups in total. The monoisotopic (exact) mass is 318 g/mol. The van der Waals surface area contributed by atoms with Gasteiger partial charge in [-0.3, -0.25) is 4.79 Å². The van der Waals surface area contributed by atoms with Gasteiger partial charge in [0.2, 0.25) is 5.91 Å². The number of nitrogens with one attached hydrogen (secondary N) is 2. The molecule has 0 spiro atoms. The first kappa shape index (κ1) is 17.1. The number of amides is 1. The topological polar surface area (TPSA) is 83.7 Å². The van der Waals surface area contributed by atoms with E-state index < -0.39 is 0 Å². The van der Waals surface area contributed by atoms with Gasteiger partial charge in [-0.2, -0.15) is 0 Å². The van der Waals surface area contributed by atoms with Crippen LogP contribution < -0.4 is 15.4 Å². The van der Waals surface area contributed by atoms with E-state index in [1.165, 1.54) is 0 Å². The second-order valence-corrected chi connectivity index (χ2v) is 5.30. The van der Waals surface area contributed by atoms with E-state index in [0.717, 1.165) is 0 Å². The average molecular weight is 318 g/mol. The summed E-state index contributed by atoms with van der Waals surface area (Å²) < 4.78 is 10.4. The Morgan fingerprint density at radius 1 is 1.35 bits per heavy atom. The molecular formula is C17H22N2O4. The number of methoxy groups -OCH3 is 1. The van der Waals surface area contributed by atoms with Crippen LogP contribution in [-0.2, 0) is 4.79 Å². The lowest BCUT2D eigenvalue weighted by atomic mass is 10.1. The number of hydrogen-bond donors (Lipinski definition) is 3. The number of ether oxygens (including phenoxy) is 1. The van der Waals surface area contributed by atoms with Gasteiger partial charge >= 0.3 is 0 Å². The molecule has 0 bridgehead atoms. The molecule has 1 aromatic heterocycles. The molecule has 124 valence electrons. The molecule has 0 aliphatic rings. The van der Waals surface area contributed by atoms with Crippen molar-refractivity contribution in [2.24, 2.45) is 0 Å². The van der Waals surface area contributed by atoms with Crippen LogP contribution in [0.4, 0.5) is 5.69 Å². The molecule has 2 rings (SSSR count). The van der Waals surface area contributed by atoms with Gasteiger partial charge in [0.25, 0.3) is 0 Å². The molecule has 2 aromatic rings. The first-order chi connectivity index (χ1) is 11.1. The quantitative estimate of drug-likeness (QED) is 0.696. The van der Waals surface area contributed by atoms with Gasteiger partial charge in [0.05, 0.1) is 26.0 Å². The predicted molar refractivity (Wildman–Crippen MR) is 87.4 cm³/mol. The standard InChI is InChI=1S/C17H22N2O4/c1-12(18-15(11-20)16-7-4-8-23-16)9-17(21)19-13-5-3-6-14(10-13)22-2/h3-8,10,12,15,18,20H,9,11H2,1-2H3,(H,19,21). The van der Waals surface area contributed by atoms with Crippen LogP contribution in [0.5, 0.6) is 5.75 Å². The summed E-state index contributed by atoms with van der Waals surface area (Å²) in [6.07, 6.45) is 1.83. The zero-order chi connectivity index (χ0) is 16.7. The third kappa shape index (κ3) is 5.12. The van der Waals surface area contributed by atoms with Crippen LogP contribution in [-0.4, -0.2) is 30.8 Å². The summed E-state index contributed by atoms with van der Waals surface area (Å²) in [7, 11) is 1.58. The Hall–Kier alpha value is -2.31. The molecule has 2 atom stereocenters. The molecule has 6 nitrogen and oxygen atoms in total. The summed E-state index contributed by atoms with van der Waals surface area (Å²) in [6, 6.07) is 10.3. The van der Waals surface area contributed by atoms with Crippen LogP contribution in [0.25, 0.3) is 0 Å². The Morgan fingerprint density at radius 3 is 2.83 bits per heavy atom. The number of hydrogen-bond acceptors (Lipinski definition) is 5. The molecule has 0 aliphatic carbocycles. The highest BCUT2D eigenvalue weighted by Gasteiger charge is 2.17. The average Bonchev–Trinajstić information content (AvgIpc) is 3.06. The molecule has 0 saturated carbocycles. The highest BCUT2D eigenvalue weighted by molar-refractivity contribution is 5.91. The highest BCUT2D eigenvalue weighted by Crippen LogP contribution is 2.17. The zero-order valence-corrected chi connectivity index (χ0v) is 13.3. The second-order valence-electron chi connectivity index (χ2n) is 5.30. The summed E-state index contributed by atoms with van der Waals surface area (Å²) in [5.74, 6) is 1.22. The Labute approximate surface area is 135 Å². The Balaban J connectivity index is 1.86. The van der Waals surface area contributed by atoms with Gasteiger partial charge in [0, 0.05) is 24.2 Å². The van der Waals surface area contributed by atoms with Crippen LogP contribution in [0.15, 0.2) is 47.1 Å². The number of rotatable bonds is 8. The third-order valence-electron chi connectivity index (χ3n) is 3.40. The van der Waals surface area contributed by atoms with Crippen molar-refractivity contribution < 1.29 is 19.1 Å². The number of carbonyl (C=O) groups is 1. The molecule has 6 heteroatoms. The summed E-state index contributed by atoms with van der Waals surface area (Å²) in [5, 5.41) is 15.4. The maximum atomic E-state index is 12.1. The van der Waals surface area contributed by atoms with Gasteiger partial charge in [-0.25, -0.2) is 0 Å². The summed E-state index contributed by atoms with van der Waals surface area (Å²) in [4.78, 5) is 12.1. The van der Waals surface area contributed by atoms with Gasteiger partial charge in [0.15, 0.2) is 0 Å². The van der Waals surface area contributed by atoms with Crippen molar-refractivity contribution >= 4 is 11.6 Å². The fourth-order valence-corrected chi connectivity index (χ4v) is 2.31. The predicted octanol–water partition coefficient (Wildman–Crippen LogP) is 2.33. The van der Waals surface area contributed by atoms with E-state index in [0.29, 0.717) is 17.2 Å². The van der Waals surface area contributed by atoms with Crippen molar-refractivity contribution in [2.75, 3.05) is 19.0 Å². The Morgan fingerprint density at radius 2 is 2.17 bits per heavy atom. The summed E-state index contributed by atoms with van der Waals surface area (Å²) in [5.41, 5.74) is 0.686. The van der Waals surface area contributed by atoms with Crippen molar-refractivity contribution in [1.29, 1.82) is 0 Å². The third-order valence-corrected chi connectivity index (χ3v) is 3.40. The molecule has 1 aromatic carbocycles. The van der Waals surface area contributed by atoms with E-state index in [1.54, 1.807) is 37.6 Å². The molecule has 23 heavy (non-hydrogen) atoms. The van der Waals surface area contributed by atoms with Crippen molar-refractivity contribution in [3.8, 4) is 5.75 Å². The minimum atomic E-state index is -0.329. The van der Waals surface area contributed by atoms with E-state index in [-0.39, 0.29) is 31.0 Å². The largest absolute Gasteiger partial charge is 0.497 e. The van der Waals surface area contributed by atoms with Crippen molar-refractivity contribution in [1.82, 2.24) is 5.32 Å². The van der Waals surface area contributed by atoms with Crippen molar-refractivity contribution in [3.05, 3.63) is 48.4 Å². The second kappa shape index (κ2) is 8.36. The molecule has 0 aliphatic heterocycles. The normalized spacial score (nSPS) is 13.3. The van der Waals surface area contributed by atoms with E-state index in [4.69, 9.17) is 9.15 Å². The molecule has 1 amide bonds. The van der Waals surface area contributed by atoms with E-state index >= 15 is 0 Å². The van der Waals surface area contributed by atoms with Gasteiger partial charge in [-0.1, -0.05) is 6.07 Å². The number of anilines is 1. The van der Waals surface area contributed by atoms with Gasteiger partial charge in [-0.15, -0.1) is 0 Å². The molecule has 0 saturated heterocycles. The number of furan rings is 1. The maximum absolute atomic E-state index is 12.1. The minimum absolute atomic E-state index is 0.102. The van der Waals surface area contributed by atoms with E-state index in [9.17, 15) is 9.90 Å². The molecule has 0 radical (unpaired) electrons. The fraction of sp³-hybridized carbons (Fsp3) is 0.353. The van der Waals surface area contributed by atoms with Crippen LogP contribution in [0.1, 0.15) is 25.1 Å². The van der Waals surface area contributed by atoms with Crippen molar-refractivity contribution in [2.45, 2.75) is 25.4 Å². The fourth-order valence-electron chi connectivity index (χ4n) is 2.31. The number of aliphatic hydroxyl groups excluding tert-OH is 1. The van der Waals surface area contributed by atoms with Gasteiger partial charge < -0.3 is 24.9 Å². The van der Waals surface area contributed by atoms with E-state index in [2.05, 4.69) is 10.6 Å². The Bertz CT molecular complexity index is 613. The van der Waals surface area contributed by atoms with E-state index in [1.807, 2.05) is 19.1 Å². The maximum Gasteiger partial charge on any atom is 0.225 e. The highest BCUT2D eigenvalue weighted by atomic mass is 16.5. The van der Waals surface area contributed by atoms with Crippen LogP contribution >= 0.6 is 0 Å². The molecule has 1 heterocycles. The van der Waals surface area contributed by atoms with Crippen LogP contribution in [0.3, 0.4) is 0 Å². The number of aliphatic hydroxyl groups is 1. The smallest absolute Gasteiger partial charge is 0.225 e. The lowest BCUT2D eigenvalue weighted by molar-refractivity contribution is -0.116. The summed E-state index contributed by atoms with van der Waals surface area (Å²) >= 11 is 0. The molecular weight excluding hydrogens is 296 g/mol. The molecule has 2 unspecified atom stereocenters. The Kier molecular flexibility index (Phi) is 6.19. The molecule has 0 fully saturated rings. The SMILES string of the molecule is COc1cccc(NC(=O)CC(C)NC(CO)c2ccco2)c1. The first-order valence-corrected chi connectivity index (χ1v) is 7.46. The number of carbonyl (C=O) groups excluding carboxylic acids is 1. The lowest BCUT2D eigenvalue weighted by Crippen LogP contribution is -2.35. The van der Waals surface area contributed by atoms with Gasteiger partial charge in [0.1, 0.15) is 11.5 Å². The van der Waals surface area contributed by atoms with Crippen LogP contribution in [0, 0.1) is 0 Å². The van der Waals surface area contributed by atoms with Crippen LogP contribution in [0.2, 0.25) is 0 Å². The first-order valence-electron chi connectivity index (χ1n) is 7.46. The summed E-state index contributed by atoms with van der Waals surface area (Å²) in [6.45, 7) is 1.78. The number of benzene rings is 1. The van der Waals surface area contributed by atoms with Crippen molar-refractivity contribution in [3.63, 3.8) is 0 Å². The van der Waals surface area contributed by atoms with Gasteiger partial charge in [-0.05, 0) is 31.2 Å². The minimum Gasteiger partial charge on any atom is -0.497 e. The lowest BCUT2D eigenvalue weighted by Gasteiger charge is -2.20. The zero-order valence-electron chi connectivity index (χ0n) is 13.3.